The third-order valence-corrected chi connectivity index (χ3v) is 2.64. The molecule has 1 aliphatic heterocycles. The van der Waals surface area contributed by atoms with Crippen LogP contribution in [0.1, 0.15) is 25.3 Å². The fraction of sp³-hybridized carbons (Fsp3) is 0.308. The van der Waals surface area contributed by atoms with Crippen LogP contribution in [0.15, 0.2) is 24.3 Å². The number of allylic oxidation sites excluding steroid dienone is 2. The number of hydrogen-bond acceptors (Lipinski definition) is 3. The molecule has 1 N–H and O–H groups in total. The molecule has 1 aliphatic rings. The van der Waals surface area contributed by atoms with Crippen LogP contribution >= 0.6 is 0 Å². The zero-order valence-corrected chi connectivity index (χ0v) is 9.60. The molecule has 17 heavy (non-hydrogen) atoms. The van der Waals surface area contributed by atoms with Crippen LogP contribution in [-0.4, -0.2) is 17.9 Å². The predicted octanol–water partition coefficient (Wildman–Crippen LogP) is 2.68. The average molecular weight is 234 g/mol. The van der Waals surface area contributed by atoms with E-state index in [9.17, 15) is 4.79 Å². The van der Waals surface area contributed by atoms with Gasteiger partial charge in [-0.2, -0.15) is 0 Å². The molecular formula is C13H14O4. The lowest BCUT2D eigenvalue weighted by molar-refractivity contribution is -0.136. The maximum absolute atomic E-state index is 10.4. The molecule has 0 aliphatic carbocycles. The molecule has 1 aromatic carbocycles. The van der Waals surface area contributed by atoms with Gasteiger partial charge in [0.15, 0.2) is 11.5 Å². The lowest BCUT2D eigenvalue weighted by atomic mass is 10.1. The lowest BCUT2D eigenvalue weighted by Gasteiger charge is -2.03. The second kappa shape index (κ2) is 4.91. The molecule has 0 amide bonds. The monoisotopic (exact) mass is 234 g/mol. The summed E-state index contributed by atoms with van der Waals surface area (Å²) in [4.78, 5) is 10.4. The third kappa shape index (κ3) is 2.78. The summed E-state index contributed by atoms with van der Waals surface area (Å²) in [6.07, 6.45) is 2.61. The molecule has 4 heteroatoms. The zero-order chi connectivity index (χ0) is 12.3. The van der Waals surface area contributed by atoms with E-state index in [2.05, 4.69) is 0 Å². The van der Waals surface area contributed by atoms with E-state index in [0.717, 1.165) is 22.6 Å². The van der Waals surface area contributed by atoms with Crippen LogP contribution in [0.25, 0.3) is 5.57 Å². The number of ether oxygens (including phenoxy) is 2. The van der Waals surface area contributed by atoms with Crippen LogP contribution < -0.4 is 9.47 Å². The molecular weight excluding hydrogens is 220 g/mol. The maximum Gasteiger partial charge on any atom is 0.303 e. The van der Waals surface area contributed by atoms with E-state index in [0.29, 0.717) is 6.42 Å². The zero-order valence-electron chi connectivity index (χ0n) is 9.60. The molecule has 0 radical (unpaired) electrons. The van der Waals surface area contributed by atoms with E-state index in [1.165, 1.54) is 0 Å². The number of fused-ring (bicyclic) bond motifs is 1. The minimum Gasteiger partial charge on any atom is -0.481 e. The second-order valence-electron chi connectivity index (χ2n) is 3.89. The van der Waals surface area contributed by atoms with Gasteiger partial charge in [0.25, 0.3) is 0 Å². The van der Waals surface area contributed by atoms with Gasteiger partial charge >= 0.3 is 5.97 Å². The van der Waals surface area contributed by atoms with Crippen LogP contribution in [0, 0.1) is 0 Å². The highest BCUT2D eigenvalue weighted by molar-refractivity contribution is 5.69. The van der Waals surface area contributed by atoms with Crippen molar-refractivity contribution in [2.24, 2.45) is 0 Å². The fourth-order valence-corrected chi connectivity index (χ4v) is 1.67. The first-order valence-corrected chi connectivity index (χ1v) is 5.45. The van der Waals surface area contributed by atoms with Crippen molar-refractivity contribution >= 4 is 11.5 Å². The van der Waals surface area contributed by atoms with Crippen molar-refractivity contribution < 1.29 is 19.4 Å². The van der Waals surface area contributed by atoms with Crippen molar-refractivity contribution in [3.8, 4) is 11.5 Å². The van der Waals surface area contributed by atoms with Gasteiger partial charge in [-0.3, -0.25) is 4.79 Å². The number of aliphatic carboxylic acids is 1. The van der Waals surface area contributed by atoms with Gasteiger partial charge in [-0.25, -0.2) is 0 Å². The fourth-order valence-electron chi connectivity index (χ4n) is 1.67. The SMILES string of the molecule is C/C(=C\CCC(=O)O)c1ccc2c(c1)OCO2. The van der Waals surface area contributed by atoms with E-state index in [-0.39, 0.29) is 13.2 Å². The van der Waals surface area contributed by atoms with Crippen molar-refractivity contribution in [1.29, 1.82) is 0 Å². The van der Waals surface area contributed by atoms with Crippen molar-refractivity contribution in [1.82, 2.24) is 0 Å². The van der Waals surface area contributed by atoms with Crippen LogP contribution in [0.3, 0.4) is 0 Å². The number of benzene rings is 1. The molecule has 0 saturated carbocycles. The Morgan fingerprint density at radius 3 is 2.94 bits per heavy atom. The third-order valence-electron chi connectivity index (χ3n) is 2.64. The van der Waals surface area contributed by atoms with Gasteiger partial charge in [0, 0.05) is 6.42 Å². The van der Waals surface area contributed by atoms with Crippen LogP contribution in [-0.2, 0) is 4.79 Å². The van der Waals surface area contributed by atoms with E-state index in [4.69, 9.17) is 14.6 Å². The standard InChI is InChI=1S/C13H14O4/c1-9(3-2-4-13(14)15)10-5-6-11-12(7-10)17-8-16-11/h3,5-7H,2,4,8H2,1H3,(H,14,15)/b9-3+. The predicted molar refractivity (Wildman–Crippen MR) is 63.1 cm³/mol. The van der Waals surface area contributed by atoms with Gasteiger partial charge in [-0.1, -0.05) is 12.1 Å². The van der Waals surface area contributed by atoms with Gasteiger partial charge in [0.05, 0.1) is 0 Å². The molecule has 1 aromatic rings. The Morgan fingerprint density at radius 1 is 1.41 bits per heavy atom. The molecule has 0 unspecified atom stereocenters. The largest absolute Gasteiger partial charge is 0.481 e. The average Bonchev–Trinajstić information content (AvgIpc) is 2.75. The van der Waals surface area contributed by atoms with Gasteiger partial charge in [0.2, 0.25) is 6.79 Å². The Balaban J connectivity index is 2.08. The van der Waals surface area contributed by atoms with E-state index < -0.39 is 5.97 Å². The Bertz CT molecular complexity index is 462. The first-order chi connectivity index (χ1) is 8.16. The van der Waals surface area contributed by atoms with Crippen molar-refractivity contribution in [2.45, 2.75) is 19.8 Å². The first kappa shape index (κ1) is 11.5. The summed E-state index contributed by atoms with van der Waals surface area (Å²) in [5.41, 5.74) is 2.07. The molecule has 0 aromatic heterocycles. The summed E-state index contributed by atoms with van der Waals surface area (Å²) in [7, 11) is 0. The summed E-state index contributed by atoms with van der Waals surface area (Å²) in [5.74, 6) is 0.723. The number of carboxylic acids is 1. The van der Waals surface area contributed by atoms with Crippen molar-refractivity contribution in [2.75, 3.05) is 6.79 Å². The molecule has 0 atom stereocenters. The van der Waals surface area contributed by atoms with E-state index in [1.807, 2.05) is 31.2 Å². The van der Waals surface area contributed by atoms with Gasteiger partial charge in [-0.05, 0) is 36.6 Å². The number of carboxylic acid groups (broad SMARTS) is 1. The number of hydrogen-bond donors (Lipinski definition) is 1. The molecule has 4 nitrogen and oxygen atoms in total. The molecule has 90 valence electrons. The smallest absolute Gasteiger partial charge is 0.303 e. The van der Waals surface area contributed by atoms with Crippen LogP contribution in [0.2, 0.25) is 0 Å². The highest BCUT2D eigenvalue weighted by Crippen LogP contribution is 2.34. The Hall–Kier alpha value is -1.97. The van der Waals surface area contributed by atoms with Gasteiger partial charge in [0.1, 0.15) is 0 Å². The Labute approximate surface area is 99.5 Å². The number of rotatable bonds is 4. The number of carbonyl (C=O) groups is 1. The quantitative estimate of drug-likeness (QED) is 0.870. The van der Waals surface area contributed by atoms with E-state index >= 15 is 0 Å². The van der Waals surface area contributed by atoms with E-state index in [1.54, 1.807) is 0 Å². The summed E-state index contributed by atoms with van der Waals surface area (Å²) in [6, 6.07) is 5.72. The molecule has 0 bridgehead atoms. The minimum atomic E-state index is -0.778. The lowest BCUT2D eigenvalue weighted by Crippen LogP contribution is -1.93. The maximum atomic E-state index is 10.4. The summed E-state index contributed by atoms with van der Waals surface area (Å²) < 4.78 is 10.5. The normalized spacial score (nSPS) is 13.8. The molecule has 0 fully saturated rings. The Kier molecular flexibility index (Phi) is 3.32. The van der Waals surface area contributed by atoms with Gasteiger partial charge < -0.3 is 14.6 Å². The Morgan fingerprint density at radius 2 is 2.18 bits per heavy atom. The summed E-state index contributed by atoms with van der Waals surface area (Å²) >= 11 is 0. The highest BCUT2D eigenvalue weighted by Gasteiger charge is 2.13. The van der Waals surface area contributed by atoms with Crippen molar-refractivity contribution in [3.05, 3.63) is 29.8 Å². The second-order valence-corrected chi connectivity index (χ2v) is 3.89. The van der Waals surface area contributed by atoms with Crippen LogP contribution in [0.4, 0.5) is 0 Å². The minimum absolute atomic E-state index is 0.155. The molecule has 2 rings (SSSR count). The molecule has 0 spiro atoms. The highest BCUT2D eigenvalue weighted by atomic mass is 16.7. The molecule has 0 saturated heterocycles. The molecule has 1 heterocycles. The van der Waals surface area contributed by atoms with Crippen molar-refractivity contribution in [3.63, 3.8) is 0 Å². The first-order valence-electron chi connectivity index (χ1n) is 5.45. The summed E-state index contributed by atoms with van der Waals surface area (Å²) in [5, 5.41) is 8.56. The van der Waals surface area contributed by atoms with Crippen LogP contribution in [0.5, 0.6) is 11.5 Å². The summed E-state index contributed by atoms with van der Waals surface area (Å²) in [6.45, 7) is 2.22. The topological polar surface area (TPSA) is 55.8 Å². The van der Waals surface area contributed by atoms with Gasteiger partial charge in [-0.15, -0.1) is 0 Å².